The lowest BCUT2D eigenvalue weighted by Crippen LogP contribution is -2.07. The SMILES string of the molecule is NC(=NN=Cc1ccc(OC2=NS(=O)(=O)c3ccccc32)cc1)SCc1ccccc1. The van der Waals surface area contributed by atoms with Crippen LogP contribution in [0.4, 0.5) is 0 Å². The molecule has 0 amide bonds. The zero-order valence-corrected chi connectivity index (χ0v) is 17.9. The van der Waals surface area contributed by atoms with E-state index in [2.05, 4.69) is 14.6 Å². The van der Waals surface area contributed by atoms with Crippen LogP contribution < -0.4 is 10.5 Å². The molecule has 156 valence electrons. The van der Waals surface area contributed by atoms with Crippen molar-refractivity contribution in [2.45, 2.75) is 10.6 Å². The van der Waals surface area contributed by atoms with Gasteiger partial charge < -0.3 is 10.5 Å². The van der Waals surface area contributed by atoms with Crippen molar-refractivity contribution in [1.82, 2.24) is 0 Å². The second-order valence-electron chi connectivity index (χ2n) is 6.50. The Morgan fingerprint density at radius 1 is 1.00 bits per heavy atom. The summed E-state index contributed by atoms with van der Waals surface area (Å²) >= 11 is 1.41. The lowest BCUT2D eigenvalue weighted by Gasteiger charge is -2.05. The lowest BCUT2D eigenvalue weighted by atomic mass is 10.2. The van der Waals surface area contributed by atoms with Gasteiger partial charge in [0.25, 0.3) is 10.0 Å². The fourth-order valence-electron chi connectivity index (χ4n) is 2.80. The first kappa shape index (κ1) is 20.8. The molecule has 4 rings (SSSR count). The van der Waals surface area contributed by atoms with Crippen LogP contribution in [0.15, 0.2) is 98.4 Å². The van der Waals surface area contributed by atoms with Crippen molar-refractivity contribution in [2.24, 2.45) is 20.3 Å². The van der Waals surface area contributed by atoms with Crippen molar-refractivity contribution in [2.75, 3.05) is 0 Å². The zero-order valence-electron chi connectivity index (χ0n) is 16.3. The quantitative estimate of drug-likeness (QED) is 0.362. The van der Waals surface area contributed by atoms with Crippen LogP contribution in [0.25, 0.3) is 0 Å². The van der Waals surface area contributed by atoms with Crippen LogP contribution in [-0.2, 0) is 15.8 Å². The number of hydrogen-bond donors (Lipinski definition) is 1. The number of amidine groups is 1. The van der Waals surface area contributed by atoms with E-state index in [0.29, 0.717) is 16.5 Å². The number of benzene rings is 3. The van der Waals surface area contributed by atoms with Gasteiger partial charge in [-0.25, -0.2) is 0 Å². The molecule has 9 heteroatoms. The molecule has 0 atom stereocenters. The molecule has 0 aliphatic carbocycles. The van der Waals surface area contributed by atoms with Crippen molar-refractivity contribution < 1.29 is 13.2 Å². The van der Waals surface area contributed by atoms with Crippen molar-refractivity contribution in [3.63, 3.8) is 0 Å². The molecule has 0 radical (unpaired) electrons. The van der Waals surface area contributed by atoms with E-state index in [1.165, 1.54) is 17.8 Å². The summed E-state index contributed by atoms with van der Waals surface area (Å²) in [5, 5.41) is 8.37. The van der Waals surface area contributed by atoms with Crippen molar-refractivity contribution in [1.29, 1.82) is 0 Å². The van der Waals surface area contributed by atoms with Crippen molar-refractivity contribution >= 4 is 39.1 Å². The smallest absolute Gasteiger partial charge is 0.286 e. The van der Waals surface area contributed by atoms with Crippen molar-refractivity contribution in [3.8, 4) is 5.75 Å². The van der Waals surface area contributed by atoms with E-state index in [1.807, 2.05) is 30.3 Å². The van der Waals surface area contributed by atoms with E-state index >= 15 is 0 Å². The minimum absolute atomic E-state index is 0.0600. The molecule has 0 saturated carbocycles. The van der Waals surface area contributed by atoms with Gasteiger partial charge >= 0.3 is 0 Å². The third-order valence-electron chi connectivity index (χ3n) is 4.29. The Morgan fingerprint density at radius 3 is 2.48 bits per heavy atom. The molecule has 1 aliphatic rings. The maximum Gasteiger partial charge on any atom is 0.286 e. The van der Waals surface area contributed by atoms with Crippen LogP contribution in [0.2, 0.25) is 0 Å². The number of fused-ring (bicyclic) bond motifs is 1. The summed E-state index contributed by atoms with van der Waals surface area (Å²) in [6, 6.07) is 23.5. The molecule has 31 heavy (non-hydrogen) atoms. The van der Waals surface area contributed by atoms with Gasteiger partial charge in [-0.1, -0.05) is 54.2 Å². The number of sulfonamides is 1. The zero-order chi connectivity index (χ0) is 21.7. The Balaban J connectivity index is 1.36. The minimum atomic E-state index is -3.71. The predicted octanol–water partition coefficient (Wildman–Crippen LogP) is 3.80. The summed E-state index contributed by atoms with van der Waals surface area (Å²) in [4.78, 5) is 0.148. The molecule has 1 aliphatic heterocycles. The summed E-state index contributed by atoms with van der Waals surface area (Å²) < 4.78 is 33.6. The van der Waals surface area contributed by atoms with Crippen LogP contribution in [0.3, 0.4) is 0 Å². The molecule has 0 unspecified atom stereocenters. The van der Waals surface area contributed by atoms with Gasteiger partial charge in [-0.05, 0) is 47.5 Å². The number of hydrogen-bond acceptors (Lipinski definition) is 6. The van der Waals surface area contributed by atoms with Gasteiger partial charge in [0, 0.05) is 5.75 Å². The third-order valence-corrected chi connectivity index (χ3v) is 6.46. The van der Waals surface area contributed by atoms with Gasteiger partial charge in [0.2, 0.25) is 5.90 Å². The van der Waals surface area contributed by atoms with Gasteiger partial charge in [-0.2, -0.15) is 13.5 Å². The van der Waals surface area contributed by atoms with Gasteiger partial charge in [-0.3, -0.25) is 0 Å². The Bertz CT molecular complexity index is 1270. The Morgan fingerprint density at radius 2 is 1.71 bits per heavy atom. The van der Waals surface area contributed by atoms with E-state index in [4.69, 9.17) is 10.5 Å². The first-order valence-corrected chi connectivity index (χ1v) is 11.7. The summed E-state index contributed by atoms with van der Waals surface area (Å²) in [5.74, 6) is 1.24. The predicted molar refractivity (Wildman–Crippen MR) is 124 cm³/mol. The second kappa shape index (κ2) is 9.15. The summed E-state index contributed by atoms with van der Waals surface area (Å²) in [7, 11) is -3.71. The molecular weight excluding hydrogens is 432 g/mol. The maximum absolute atomic E-state index is 12.1. The summed E-state index contributed by atoms with van der Waals surface area (Å²) in [6.45, 7) is 0. The van der Waals surface area contributed by atoms with Gasteiger partial charge in [-0.15, -0.1) is 9.50 Å². The Hall–Kier alpha value is -3.43. The number of ether oxygens (including phenoxy) is 1. The lowest BCUT2D eigenvalue weighted by molar-refractivity contribution is 0.554. The molecule has 1 heterocycles. The standard InChI is InChI=1S/C22H18N4O3S2/c23-22(30-15-17-6-2-1-3-7-17)25-24-14-16-10-12-18(13-11-16)29-21-19-8-4-5-9-20(19)31(27,28)26-21/h1-14H,15H2,(H2,23,25). The maximum atomic E-state index is 12.1. The molecule has 3 aromatic rings. The van der Waals surface area contributed by atoms with Gasteiger partial charge in [0.15, 0.2) is 5.17 Å². The van der Waals surface area contributed by atoms with Crippen LogP contribution in [-0.4, -0.2) is 25.7 Å². The van der Waals surface area contributed by atoms with E-state index in [1.54, 1.807) is 48.7 Å². The van der Waals surface area contributed by atoms with E-state index in [0.717, 1.165) is 16.9 Å². The normalized spacial score (nSPS) is 15.0. The largest absolute Gasteiger partial charge is 0.438 e. The first-order valence-electron chi connectivity index (χ1n) is 9.27. The summed E-state index contributed by atoms with van der Waals surface area (Å²) in [6.07, 6.45) is 1.58. The topological polar surface area (TPSA) is 106 Å². The van der Waals surface area contributed by atoms with Crippen LogP contribution in [0.1, 0.15) is 16.7 Å². The molecule has 0 saturated heterocycles. The van der Waals surface area contributed by atoms with Crippen LogP contribution in [0.5, 0.6) is 5.75 Å². The first-order chi connectivity index (χ1) is 15.0. The van der Waals surface area contributed by atoms with Gasteiger partial charge in [0.1, 0.15) is 10.6 Å². The number of rotatable bonds is 5. The fraction of sp³-hybridized carbons (Fsp3) is 0.0455. The van der Waals surface area contributed by atoms with E-state index in [9.17, 15) is 8.42 Å². The summed E-state index contributed by atoms with van der Waals surface area (Å²) in [5.41, 5.74) is 8.28. The molecule has 2 N–H and O–H groups in total. The van der Waals surface area contributed by atoms with Crippen molar-refractivity contribution in [3.05, 3.63) is 95.6 Å². The molecule has 0 spiro atoms. The Kier molecular flexibility index (Phi) is 6.15. The van der Waals surface area contributed by atoms with E-state index in [-0.39, 0.29) is 10.8 Å². The molecule has 0 fully saturated rings. The Labute approximate surface area is 184 Å². The number of nitrogens with two attached hydrogens (primary N) is 1. The molecule has 7 nitrogen and oxygen atoms in total. The monoisotopic (exact) mass is 450 g/mol. The number of thioether (sulfide) groups is 1. The molecule has 3 aromatic carbocycles. The average Bonchev–Trinajstić information content (AvgIpc) is 3.04. The average molecular weight is 451 g/mol. The molecule has 0 bridgehead atoms. The molecule has 0 aromatic heterocycles. The van der Waals surface area contributed by atoms with Gasteiger partial charge in [0.05, 0.1) is 11.8 Å². The third kappa shape index (κ3) is 5.19. The fourth-order valence-corrected chi connectivity index (χ4v) is 4.54. The minimum Gasteiger partial charge on any atom is -0.438 e. The highest BCUT2D eigenvalue weighted by atomic mass is 32.2. The highest BCUT2D eigenvalue weighted by Gasteiger charge is 2.29. The highest BCUT2D eigenvalue weighted by Crippen LogP contribution is 2.27. The van der Waals surface area contributed by atoms with Crippen LogP contribution in [0, 0.1) is 0 Å². The highest BCUT2D eigenvalue weighted by molar-refractivity contribution is 8.13. The number of nitrogens with zero attached hydrogens (tertiary/aromatic N) is 3. The van der Waals surface area contributed by atoms with Crippen LogP contribution >= 0.6 is 11.8 Å². The second-order valence-corrected chi connectivity index (χ2v) is 9.06. The molecular formula is C22H18N4O3S2. The van der Waals surface area contributed by atoms with E-state index < -0.39 is 10.0 Å².